The Bertz CT molecular complexity index is 1260. The first-order valence-corrected chi connectivity index (χ1v) is 11.4. The van der Waals surface area contributed by atoms with Gasteiger partial charge in [0.25, 0.3) is 11.6 Å². The maximum atomic E-state index is 12.9. The number of sulfonamides is 1. The molecule has 0 radical (unpaired) electrons. The molecule has 10 nitrogen and oxygen atoms in total. The zero-order chi connectivity index (χ0) is 22.9. The molecule has 2 heterocycles. The molecule has 1 aliphatic heterocycles. The van der Waals surface area contributed by atoms with Crippen molar-refractivity contribution in [3.8, 4) is 5.69 Å². The minimum atomic E-state index is -3.89. The molecule has 0 aliphatic carbocycles. The SMILES string of the molecule is Cc1ccnn1-c1ccc(C(=O)N2CCN(S(=O)(=O)c3cccc([N+](=O)[O-])c3)CC2)cc1. The molecule has 0 unspecified atom stereocenters. The van der Waals surface area contributed by atoms with E-state index in [2.05, 4.69) is 5.10 Å². The molecule has 1 amide bonds. The van der Waals surface area contributed by atoms with Gasteiger partial charge in [0.2, 0.25) is 10.0 Å². The van der Waals surface area contributed by atoms with Crippen molar-refractivity contribution in [2.45, 2.75) is 11.8 Å². The summed E-state index contributed by atoms with van der Waals surface area (Å²) in [5.74, 6) is -0.180. The van der Waals surface area contributed by atoms with Crippen LogP contribution in [0.1, 0.15) is 16.1 Å². The van der Waals surface area contributed by atoms with Gasteiger partial charge in [0.05, 0.1) is 15.5 Å². The van der Waals surface area contributed by atoms with E-state index in [1.54, 1.807) is 27.9 Å². The number of hydrogen-bond acceptors (Lipinski definition) is 6. The number of nitro benzene ring substituents is 1. The predicted octanol–water partition coefficient (Wildman–Crippen LogP) is 2.24. The zero-order valence-corrected chi connectivity index (χ0v) is 18.1. The Kier molecular flexibility index (Phi) is 5.76. The lowest BCUT2D eigenvalue weighted by Gasteiger charge is -2.34. The number of nitro groups is 1. The topological polar surface area (TPSA) is 119 Å². The molecule has 0 N–H and O–H groups in total. The lowest BCUT2D eigenvalue weighted by atomic mass is 10.1. The van der Waals surface area contributed by atoms with Gasteiger partial charge in [-0.1, -0.05) is 6.07 Å². The highest BCUT2D eigenvalue weighted by Gasteiger charge is 2.31. The monoisotopic (exact) mass is 455 g/mol. The van der Waals surface area contributed by atoms with E-state index in [-0.39, 0.29) is 42.7 Å². The molecule has 0 atom stereocenters. The maximum Gasteiger partial charge on any atom is 0.270 e. The number of carbonyl (C=O) groups excluding carboxylic acids is 1. The van der Waals surface area contributed by atoms with Gasteiger partial charge in [0.15, 0.2) is 0 Å². The Morgan fingerprint density at radius 2 is 1.72 bits per heavy atom. The summed E-state index contributed by atoms with van der Waals surface area (Å²) in [5.41, 5.74) is 2.05. The highest BCUT2D eigenvalue weighted by atomic mass is 32.2. The Hall–Kier alpha value is -3.57. The summed E-state index contributed by atoms with van der Waals surface area (Å²) < 4.78 is 28.8. The molecule has 4 rings (SSSR count). The molecule has 32 heavy (non-hydrogen) atoms. The summed E-state index contributed by atoms with van der Waals surface area (Å²) in [7, 11) is -3.89. The van der Waals surface area contributed by atoms with Crippen LogP contribution < -0.4 is 0 Å². The number of non-ortho nitro benzene ring substituents is 1. The van der Waals surface area contributed by atoms with Gasteiger partial charge in [-0.3, -0.25) is 14.9 Å². The highest BCUT2D eigenvalue weighted by molar-refractivity contribution is 7.89. The average molecular weight is 455 g/mol. The Morgan fingerprint density at radius 1 is 1.03 bits per heavy atom. The van der Waals surface area contributed by atoms with Crippen molar-refractivity contribution in [2.24, 2.45) is 0 Å². The van der Waals surface area contributed by atoms with Gasteiger partial charge in [0.1, 0.15) is 0 Å². The largest absolute Gasteiger partial charge is 0.336 e. The molecule has 1 saturated heterocycles. The van der Waals surface area contributed by atoms with E-state index in [1.807, 2.05) is 25.1 Å². The minimum Gasteiger partial charge on any atom is -0.336 e. The van der Waals surface area contributed by atoms with Crippen molar-refractivity contribution < 1.29 is 18.1 Å². The fraction of sp³-hybridized carbons (Fsp3) is 0.238. The summed E-state index contributed by atoms with van der Waals surface area (Å²) >= 11 is 0. The zero-order valence-electron chi connectivity index (χ0n) is 17.3. The second-order valence-electron chi connectivity index (χ2n) is 7.38. The van der Waals surface area contributed by atoms with Gasteiger partial charge in [-0.25, -0.2) is 13.1 Å². The van der Waals surface area contributed by atoms with Crippen molar-refractivity contribution in [2.75, 3.05) is 26.2 Å². The molecule has 1 aliphatic rings. The third-order valence-corrected chi connectivity index (χ3v) is 7.28. The van der Waals surface area contributed by atoms with Crippen molar-refractivity contribution in [3.05, 3.63) is 82.2 Å². The average Bonchev–Trinajstić information content (AvgIpc) is 3.24. The van der Waals surface area contributed by atoms with Crippen LogP contribution in [-0.4, -0.2) is 64.4 Å². The normalized spacial score (nSPS) is 15.0. The van der Waals surface area contributed by atoms with E-state index >= 15 is 0 Å². The number of benzene rings is 2. The van der Waals surface area contributed by atoms with Crippen LogP contribution in [0.2, 0.25) is 0 Å². The van der Waals surface area contributed by atoms with Gasteiger partial charge in [0, 0.05) is 55.8 Å². The van der Waals surface area contributed by atoms with E-state index < -0.39 is 14.9 Å². The highest BCUT2D eigenvalue weighted by Crippen LogP contribution is 2.22. The van der Waals surface area contributed by atoms with Crippen molar-refractivity contribution in [1.29, 1.82) is 0 Å². The van der Waals surface area contributed by atoms with Crippen LogP contribution in [-0.2, 0) is 10.0 Å². The molecule has 0 saturated carbocycles. The number of carbonyl (C=O) groups is 1. The summed E-state index contributed by atoms with van der Waals surface area (Å²) in [6.45, 7) is 2.62. The van der Waals surface area contributed by atoms with Gasteiger partial charge in [-0.2, -0.15) is 9.40 Å². The number of piperazine rings is 1. The molecule has 11 heteroatoms. The predicted molar refractivity (Wildman–Crippen MR) is 116 cm³/mol. The van der Waals surface area contributed by atoms with E-state index in [0.29, 0.717) is 5.56 Å². The van der Waals surface area contributed by atoms with Crippen LogP contribution >= 0.6 is 0 Å². The smallest absolute Gasteiger partial charge is 0.270 e. The van der Waals surface area contributed by atoms with Crippen LogP contribution in [0.5, 0.6) is 0 Å². The van der Waals surface area contributed by atoms with Crippen molar-refractivity contribution >= 4 is 21.6 Å². The first kappa shape index (κ1) is 21.7. The summed E-state index contributed by atoms with van der Waals surface area (Å²) in [6, 6.07) is 14.0. The third kappa shape index (κ3) is 4.12. The molecule has 1 aromatic heterocycles. The number of aryl methyl sites for hydroxylation is 1. The molecule has 0 spiro atoms. The lowest BCUT2D eigenvalue weighted by molar-refractivity contribution is -0.385. The number of hydrogen-bond donors (Lipinski definition) is 0. The third-order valence-electron chi connectivity index (χ3n) is 5.38. The molecule has 3 aromatic rings. The molecule has 2 aromatic carbocycles. The Morgan fingerprint density at radius 3 is 2.31 bits per heavy atom. The van der Waals surface area contributed by atoms with E-state index in [1.165, 1.54) is 22.5 Å². The lowest BCUT2D eigenvalue weighted by Crippen LogP contribution is -2.50. The van der Waals surface area contributed by atoms with Crippen molar-refractivity contribution in [3.63, 3.8) is 0 Å². The second-order valence-corrected chi connectivity index (χ2v) is 9.32. The van der Waals surface area contributed by atoms with Crippen molar-refractivity contribution in [1.82, 2.24) is 19.0 Å². The van der Waals surface area contributed by atoms with Gasteiger partial charge < -0.3 is 4.90 Å². The molecular weight excluding hydrogens is 434 g/mol. The van der Waals surface area contributed by atoms with Gasteiger partial charge in [-0.15, -0.1) is 0 Å². The van der Waals surface area contributed by atoms with E-state index in [0.717, 1.165) is 17.4 Å². The number of rotatable bonds is 5. The standard InChI is InChI=1S/C21H21N5O5S/c1-16-9-10-22-25(16)18-7-5-17(6-8-18)21(27)23-11-13-24(14-12-23)32(30,31)20-4-2-3-19(15-20)26(28)29/h2-10,15H,11-14H2,1H3. The first-order chi connectivity index (χ1) is 15.3. The summed E-state index contributed by atoms with van der Waals surface area (Å²) in [5, 5.41) is 15.2. The van der Waals surface area contributed by atoms with E-state index in [9.17, 15) is 23.3 Å². The van der Waals surface area contributed by atoms with Crippen LogP contribution in [0, 0.1) is 17.0 Å². The summed E-state index contributed by atoms with van der Waals surface area (Å²) in [4.78, 5) is 24.7. The first-order valence-electron chi connectivity index (χ1n) is 9.92. The number of aromatic nitrogens is 2. The fourth-order valence-corrected chi connectivity index (χ4v) is 5.07. The van der Waals surface area contributed by atoms with E-state index in [4.69, 9.17) is 0 Å². The Labute approximate surface area is 184 Å². The molecule has 166 valence electrons. The maximum absolute atomic E-state index is 12.9. The van der Waals surface area contributed by atoms with Crippen LogP contribution in [0.15, 0.2) is 65.7 Å². The van der Waals surface area contributed by atoms with Gasteiger partial charge in [-0.05, 0) is 43.3 Å². The molecule has 1 fully saturated rings. The molecular formula is C21H21N5O5S. The molecule has 0 bridgehead atoms. The van der Waals surface area contributed by atoms with Gasteiger partial charge >= 0.3 is 0 Å². The minimum absolute atomic E-state index is 0.112. The Balaban J connectivity index is 1.43. The van der Waals surface area contributed by atoms with Crippen LogP contribution in [0.3, 0.4) is 0 Å². The number of amides is 1. The van der Waals surface area contributed by atoms with Crippen LogP contribution in [0.4, 0.5) is 5.69 Å². The number of nitrogens with zero attached hydrogens (tertiary/aromatic N) is 5. The second kappa shape index (κ2) is 8.52. The quantitative estimate of drug-likeness (QED) is 0.430. The van der Waals surface area contributed by atoms with Crippen LogP contribution in [0.25, 0.3) is 5.69 Å². The fourth-order valence-electron chi connectivity index (χ4n) is 3.61. The summed E-state index contributed by atoms with van der Waals surface area (Å²) in [6.07, 6.45) is 1.70.